The summed E-state index contributed by atoms with van der Waals surface area (Å²) >= 11 is 0. The molecular formula is C16H18NO2P. The highest BCUT2D eigenvalue weighted by atomic mass is 31.1. The molecule has 0 aliphatic rings. The lowest BCUT2D eigenvalue weighted by atomic mass is 10.1. The van der Waals surface area contributed by atoms with Crippen LogP contribution in [0.1, 0.15) is 11.1 Å². The number of phenolic OH excluding ortho intramolecular Hbond substituents is 1. The number of nitrogens with zero attached hydrogens (tertiary/aromatic N) is 1. The molecule has 2 aromatic carbocycles. The van der Waals surface area contributed by atoms with E-state index >= 15 is 0 Å². The van der Waals surface area contributed by atoms with Gasteiger partial charge in [-0.25, -0.2) is 0 Å². The van der Waals surface area contributed by atoms with Crippen molar-refractivity contribution in [2.75, 3.05) is 14.2 Å². The summed E-state index contributed by atoms with van der Waals surface area (Å²) in [6, 6.07) is 11.6. The highest BCUT2D eigenvalue weighted by Crippen LogP contribution is 2.23. The second-order valence-electron chi connectivity index (χ2n) is 4.49. The van der Waals surface area contributed by atoms with Gasteiger partial charge in [-0.05, 0) is 36.5 Å². The Morgan fingerprint density at radius 2 is 1.95 bits per heavy atom. The Morgan fingerprint density at radius 1 is 1.15 bits per heavy atom. The van der Waals surface area contributed by atoms with Crippen LogP contribution in [0.15, 0.2) is 41.4 Å². The van der Waals surface area contributed by atoms with E-state index in [-0.39, 0.29) is 0 Å². The van der Waals surface area contributed by atoms with Gasteiger partial charge in [-0.1, -0.05) is 26.3 Å². The van der Waals surface area contributed by atoms with Crippen LogP contribution in [-0.2, 0) is 0 Å². The second-order valence-corrected chi connectivity index (χ2v) is 5.81. The van der Waals surface area contributed by atoms with Crippen molar-refractivity contribution in [2.24, 2.45) is 4.99 Å². The van der Waals surface area contributed by atoms with Crippen LogP contribution in [0.2, 0.25) is 0 Å². The summed E-state index contributed by atoms with van der Waals surface area (Å²) in [6.45, 7) is 2.06. The number of aliphatic imine (C=N–C) groups is 1. The summed E-state index contributed by atoms with van der Waals surface area (Å²) in [7, 11) is 3.75. The second kappa shape index (κ2) is 6.53. The van der Waals surface area contributed by atoms with Crippen molar-refractivity contribution in [3.8, 4) is 11.5 Å². The first-order valence-corrected chi connectivity index (χ1v) is 7.31. The van der Waals surface area contributed by atoms with Crippen molar-refractivity contribution in [3.05, 3.63) is 47.5 Å². The minimum Gasteiger partial charge on any atom is -0.507 e. The summed E-state index contributed by atoms with van der Waals surface area (Å²) in [4.78, 5) is 4.10. The molecule has 0 saturated heterocycles. The number of methoxy groups -OCH3 is 1. The monoisotopic (exact) mass is 287 g/mol. The van der Waals surface area contributed by atoms with E-state index in [1.807, 2.05) is 12.3 Å². The third-order valence-electron chi connectivity index (χ3n) is 2.95. The number of hydrogen-bond acceptors (Lipinski definition) is 3. The van der Waals surface area contributed by atoms with Crippen molar-refractivity contribution >= 4 is 25.4 Å². The number of aromatic hydroxyl groups is 1. The smallest absolute Gasteiger partial charge is 0.123 e. The van der Waals surface area contributed by atoms with Crippen LogP contribution in [0, 0.1) is 6.92 Å². The Kier molecular flexibility index (Phi) is 4.75. The van der Waals surface area contributed by atoms with Crippen molar-refractivity contribution in [3.63, 3.8) is 0 Å². The number of ether oxygens (including phenoxy) is 1. The lowest BCUT2D eigenvalue weighted by Gasteiger charge is -2.10. The van der Waals surface area contributed by atoms with Gasteiger partial charge in [-0.3, -0.25) is 4.99 Å². The molecule has 0 aliphatic heterocycles. The Balaban J connectivity index is 2.39. The summed E-state index contributed by atoms with van der Waals surface area (Å²) in [6.07, 6.45) is 1.85. The first-order valence-electron chi connectivity index (χ1n) is 6.31. The average molecular weight is 287 g/mol. The molecule has 1 N–H and O–H groups in total. The molecule has 0 heterocycles. The molecule has 2 rings (SSSR count). The molecular weight excluding hydrogens is 269 g/mol. The van der Waals surface area contributed by atoms with Crippen molar-refractivity contribution < 1.29 is 9.84 Å². The van der Waals surface area contributed by atoms with Gasteiger partial charge in [-0.2, -0.15) is 0 Å². The highest BCUT2D eigenvalue weighted by Gasteiger charge is 2.07. The molecule has 0 bridgehead atoms. The standard InChI is InChI=1S/C16H18NO2P/c1-11-4-7-15(12(8-11)10-17-2)20-16-9-13(19-3)5-6-14(16)18/h4-10,18,20H,1-3H3. The molecule has 20 heavy (non-hydrogen) atoms. The zero-order chi connectivity index (χ0) is 14.5. The van der Waals surface area contributed by atoms with Gasteiger partial charge in [0.25, 0.3) is 0 Å². The van der Waals surface area contributed by atoms with Crippen LogP contribution in [-0.4, -0.2) is 25.5 Å². The molecule has 0 saturated carbocycles. The van der Waals surface area contributed by atoms with E-state index in [0.717, 1.165) is 21.9 Å². The van der Waals surface area contributed by atoms with Gasteiger partial charge in [-0.15, -0.1) is 0 Å². The third kappa shape index (κ3) is 3.37. The molecule has 0 spiro atoms. The minimum absolute atomic E-state index is 0.295. The van der Waals surface area contributed by atoms with Gasteiger partial charge in [0.15, 0.2) is 0 Å². The van der Waals surface area contributed by atoms with Crippen LogP contribution in [0.4, 0.5) is 0 Å². The van der Waals surface area contributed by atoms with E-state index in [1.54, 1.807) is 26.3 Å². The van der Waals surface area contributed by atoms with E-state index in [1.165, 1.54) is 5.56 Å². The van der Waals surface area contributed by atoms with E-state index in [0.29, 0.717) is 14.3 Å². The maximum absolute atomic E-state index is 9.98. The van der Waals surface area contributed by atoms with Crippen molar-refractivity contribution in [1.82, 2.24) is 0 Å². The number of phenols is 1. The molecule has 0 amide bonds. The molecule has 4 heteroatoms. The lowest BCUT2D eigenvalue weighted by molar-refractivity contribution is 0.413. The fraction of sp³-hybridized carbons (Fsp3) is 0.188. The SMILES string of the molecule is CN=Cc1cc(C)ccc1Pc1cc(OC)ccc1O. The number of hydrogen-bond donors (Lipinski definition) is 1. The minimum atomic E-state index is 0.295. The first kappa shape index (κ1) is 14.5. The normalized spacial score (nSPS) is 11.6. The topological polar surface area (TPSA) is 41.8 Å². The van der Waals surface area contributed by atoms with Gasteiger partial charge in [0.05, 0.1) is 7.11 Å². The van der Waals surface area contributed by atoms with E-state index in [4.69, 9.17) is 4.74 Å². The summed E-state index contributed by atoms with van der Waals surface area (Å²) in [5.74, 6) is 1.05. The molecule has 0 radical (unpaired) electrons. The first-order chi connectivity index (χ1) is 9.63. The Morgan fingerprint density at radius 3 is 2.65 bits per heavy atom. The van der Waals surface area contributed by atoms with Crippen molar-refractivity contribution in [1.29, 1.82) is 0 Å². The predicted molar refractivity (Wildman–Crippen MR) is 86.9 cm³/mol. The zero-order valence-electron chi connectivity index (χ0n) is 11.8. The Bertz CT molecular complexity index is 638. The summed E-state index contributed by atoms with van der Waals surface area (Å²) in [5.41, 5.74) is 2.29. The number of benzene rings is 2. The maximum atomic E-state index is 9.98. The highest BCUT2D eigenvalue weighted by molar-refractivity contribution is 7.56. The fourth-order valence-electron chi connectivity index (χ4n) is 1.93. The molecule has 2 aromatic rings. The average Bonchev–Trinajstić information content (AvgIpc) is 2.44. The maximum Gasteiger partial charge on any atom is 0.123 e. The number of aryl methyl sites for hydroxylation is 1. The van der Waals surface area contributed by atoms with Gasteiger partial charge >= 0.3 is 0 Å². The fourth-order valence-corrected chi connectivity index (χ4v) is 3.09. The quantitative estimate of drug-likeness (QED) is 0.693. The molecule has 1 unspecified atom stereocenters. The Hall–Kier alpha value is -1.86. The van der Waals surface area contributed by atoms with Gasteiger partial charge < -0.3 is 9.84 Å². The van der Waals surface area contributed by atoms with Gasteiger partial charge in [0.2, 0.25) is 0 Å². The number of rotatable bonds is 4. The van der Waals surface area contributed by atoms with Crippen molar-refractivity contribution in [2.45, 2.75) is 6.92 Å². The summed E-state index contributed by atoms with van der Waals surface area (Å²) < 4.78 is 5.21. The molecule has 104 valence electrons. The van der Waals surface area contributed by atoms with Gasteiger partial charge in [0.1, 0.15) is 11.5 Å². The van der Waals surface area contributed by atoms with Gasteiger partial charge in [0, 0.05) is 24.1 Å². The zero-order valence-corrected chi connectivity index (χ0v) is 12.8. The predicted octanol–water partition coefficient (Wildman–Crippen LogP) is 2.39. The van der Waals surface area contributed by atoms with Crippen LogP contribution >= 0.6 is 8.58 Å². The van der Waals surface area contributed by atoms with Crippen LogP contribution in [0.5, 0.6) is 11.5 Å². The largest absolute Gasteiger partial charge is 0.507 e. The molecule has 0 aliphatic carbocycles. The summed E-state index contributed by atoms with van der Waals surface area (Å²) in [5, 5.41) is 12.0. The van der Waals surface area contributed by atoms with E-state index < -0.39 is 0 Å². The molecule has 0 fully saturated rings. The third-order valence-corrected chi connectivity index (χ3v) is 4.34. The molecule has 0 aromatic heterocycles. The lowest BCUT2D eigenvalue weighted by Crippen LogP contribution is -2.10. The van der Waals surface area contributed by atoms with Crippen LogP contribution in [0.3, 0.4) is 0 Å². The van der Waals surface area contributed by atoms with Crippen LogP contribution < -0.4 is 15.3 Å². The van der Waals surface area contributed by atoms with E-state index in [2.05, 4.69) is 30.1 Å². The van der Waals surface area contributed by atoms with Crippen LogP contribution in [0.25, 0.3) is 0 Å². The molecule has 3 nitrogen and oxygen atoms in total. The van der Waals surface area contributed by atoms with E-state index in [9.17, 15) is 5.11 Å². The Labute approximate surface area is 121 Å². The molecule has 1 atom stereocenters.